The van der Waals surface area contributed by atoms with Gasteiger partial charge in [0.15, 0.2) is 0 Å². The maximum absolute atomic E-state index is 12.3. The molecular weight excluding hydrogens is 278 g/mol. The van der Waals surface area contributed by atoms with Crippen LogP contribution in [-0.4, -0.2) is 42.9 Å². The van der Waals surface area contributed by atoms with E-state index in [4.69, 9.17) is 5.73 Å². The summed E-state index contributed by atoms with van der Waals surface area (Å²) in [6, 6.07) is 6.67. The van der Waals surface area contributed by atoms with E-state index in [1.54, 1.807) is 36.2 Å². The monoisotopic (exact) mass is 305 g/mol. The smallest absolute Gasteiger partial charge is 0.253 e. The van der Waals surface area contributed by atoms with Gasteiger partial charge in [-0.1, -0.05) is 20.8 Å². The molecule has 0 saturated heterocycles. The van der Waals surface area contributed by atoms with E-state index in [1.807, 2.05) is 6.92 Å². The summed E-state index contributed by atoms with van der Waals surface area (Å²) in [7, 11) is 1.73. The van der Waals surface area contributed by atoms with Crippen LogP contribution in [0.3, 0.4) is 0 Å². The van der Waals surface area contributed by atoms with Crippen molar-refractivity contribution in [1.82, 2.24) is 10.2 Å². The lowest BCUT2D eigenvalue weighted by atomic mass is 9.97. The van der Waals surface area contributed by atoms with Crippen LogP contribution in [0, 0.1) is 5.41 Å². The first-order valence-corrected chi connectivity index (χ1v) is 7.51. The normalized spacial score (nSPS) is 12.6. The van der Waals surface area contributed by atoms with Crippen LogP contribution in [0.25, 0.3) is 0 Å². The van der Waals surface area contributed by atoms with Crippen molar-refractivity contribution in [1.29, 1.82) is 0 Å². The number of hydrogen-bond acceptors (Lipinski definition) is 3. The van der Waals surface area contributed by atoms with Gasteiger partial charge >= 0.3 is 0 Å². The summed E-state index contributed by atoms with van der Waals surface area (Å²) in [5.74, 6) is -0.225. The molecule has 22 heavy (non-hydrogen) atoms. The third kappa shape index (κ3) is 5.15. The lowest BCUT2D eigenvalue weighted by Gasteiger charge is -2.23. The minimum Gasteiger partial charge on any atom is -0.352 e. The number of carbonyl (C=O) groups excluding carboxylic acids is 2. The van der Waals surface area contributed by atoms with Crippen molar-refractivity contribution in [2.75, 3.05) is 20.1 Å². The highest BCUT2D eigenvalue weighted by molar-refractivity contribution is 5.97. The summed E-state index contributed by atoms with van der Waals surface area (Å²) in [5, 5.41) is 2.89. The van der Waals surface area contributed by atoms with Crippen LogP contribution < -0.4 is 11.1 Å². The van der Waals surface area contributed by atoms with Gasteiger partial charge in [0.1, 0.15) is 0 Å². The van der Waals surface area contributed by atoms with Crippen molar-refractivity contribution < 1.29 is 9.59 Å². The maximum atomic E-state index is 12.3. The van der Waals surface area contributed by atoms with Gasteiger partial charge in [-0.05, 0) is 36.6 Å². The Labute approximate surface area is 132 Å². The van der Waals surface area contributed by atoms with E-state index in [1.165, 1.54) is 0 Å². The molecule has 0 radical (unpaired) electrons. The fraction of sp³-hybridized carbons (Fsp3) is 0.529. The zero-order valence-electron chi connectivity index (χ0n) is 14.1. The van der Waals surface area contributed by atoms with E-state index in [2.05, 4.69) is 26.1 Å². The predicted octanol–water partition coefficient (Wildman–Crippen LogP) is 1.88. The van der Waals surface area contributed by atoms with Gasteiger partial charge in [0, 0.05) is 37.3 Å². The molecule has 0 spiro atoms. The minimum absolute atomic E-state index is 0.0257. The first kappa shape index (κ1) is 18.2. The molecule has 0 bridgehead atoms. The maximum Gasteiger partial charge on any atom is 0.253 e. The molecule has 1 aromatic rings. The lowest BCUT2D eigenvalue weighted by molar-refractivity contribution is 0.0747. The van der Waals surface area contributed by atoms with Crippen molar-refractivity contribution >= 4 is 11.8 Å². The number of nitrogens with zero attached hydrogens (tertiary/aromatic N) is 1. The Kier molecular flexibility index (Phi) is 6.11. The Bertz CT molecular complexity index is 518. The Balaban J connectivity index is 2.74. The molecule has 3 N–H and O–H groups in total. The van der Waals surface area contributed by atoms with Gasteiger partial charge in [-0.3, -0.25) is 9.59 Å². The van der Waals surface area contributed by atoms with Gasteiger partial charge in [-0.15, -0.1) is 0 Å². The van der Waals surface area contributed by atoms with Crippen molar-refractivity contribution in [2.45, 2.75) is 33.7 Å². The fourth-order valence-corrected chi connectivity index (χ4v) is 1.77. The van der Waals surface area contributed by atoms with Gasteiger partial charge < -0.3 is 16.0 Å². The standard InChI is InChI=1S/C17H27N3O2/c1-12(10-18)20(5)16(22)14-8-6-13(7-9-14)15(21)19-11-17(2,3)4/h6-9,12H,10-11,18H2,1-5H3,(H,19,21). The molecule has 1 rings (SSSR count). The van der Waals surface area contributed by atoms with Crippen molar-refractivity contribution in [3.63, 3.8) is 0 Å². The van der Waals surface area contributed by atoms with Crippen molar-refractivity contribution in [2.24, 2.45) is 11.1 Å². The Morgan fingerprint density at radius 3 is 2.14 bits per heavy atom. The molecule has 0 aromatic heterocycles. The number of hydrogen-bond donors (Lipinski definition) is 2. The first-order valence-electron chi connectivity index (χ1n) is 7.51. The van der Waals surface area contributed by atoms with E-state index in [0.717, 1.165) is 0 Å². The lowest BCUT2D eigenvalue weighted by Crippen LogP contribution is -2.39. The van der Waals surface area contributed by atoms with Crippen LogP contribution in [0.4, 0.5) is 0 Å². The van der Waals surface area contributed by atoms with E-state index >= 15 is 0 Å². The van der Waals surface area contributed by atoms with E-state index in [9.17, 15) is 9.59 Å². The van der Waals surface area contributed by atoms with Crippen LogP contribution in [0.1, 0.15) is 48.4 Å². The van der Waals surface area contributed by atoms with Crippen LogP contribution >= 0.6 is 0 Å². The van der Waals surface area contributed by atoms with Gasteiger partial charge in [0.05, 0.1) is 0 Å². The number of nitrogens with two attached hydrogens (primary N) is 1. The summed E-state index contributed by atoms with van der Waals surface area (Å²) in [6.45, 7) is 9.08. The van der Waals surface area contributed by atoms with Gasteiger partial charge in [0.25, 0.3) is 11.8 Å². The molecule has 0 saturated carbocycles. The molecule has 1 atom stereocenters. The Morgan fingerprint density at radius 2 is 1.68 bits per heavy atom. The third-order valence-electron chi connectivity index (χ3n) is 3.50. The molecular formula is C17H27N3O2. The van der Waals surface area contributed by atoms with E-state index in [0.29, 0.717) is 24.2 Å². The first-order chi connectivity index (χ1) is 10.2. The molecule has 5 nitrogen and oxygen atoms in total. The van der Waals surface area contributed by atoms with Crippen molar-refractivity contribution in [3.8, 4) is 0 Å². The second-order valence-corrected chi connectivity index (χ2v) is 6.82. The summed E-state index contributed by atoms with van der Waals surface area (Å²) in [6.07, 6.45) is 0. The molecule has 122 valence electrons. The molecule has 1 unspecified atom stereocenters. The third-order valence-corrected chi connectivity index (χ3v) is 3.50. The molecule has 0 fully saturated rings. The van der Waals surface area contributed by atoms with Crippen LogP contribution in [-0.2, 0) is 0 Å². The highest BCUT2D eigenvalue weighted by Crippen LogP contribution is 2.12. The fourth-order valence-electron chi connectivity index (χ4n) is 1.77. The highest BCUT2D eigenvalue weighted by Gasteiger charge is 2.17. The Hall–Kier alpha value is -1.88. The molecule has 0 aliphatic rings. The van der Waals surface area contributed by atoms with E-state index < -0.39 is 0 Å². The average molecular weight is 305 g/mol. The SMILES string of the molecule is CC(CN)N(C)C(=O)c1ccc(C(=O)NCC(C)(C)C)cc1. The largest absolute Gasteiger partial charge is 0.352 e. The number of rotatable bonds is 5. The minimum atomic E-state index is -0.127. The summed E-state index contributed by atoms with van der Waals surface area (Å²) in [5.41, 5.74) is 6.71. The molecule has 1 aromatic carbocycles. The number of benzene rings is 1. The quantitative estimate of drug-likeness (QED) is 0.872. The van der Waals surface area contributed by atoms with Crippen LogP contribution in [0.5, 0.6) is 0 Å². The molecule has 0 heterocycles. The summed E-state index contributed by atoms with van der Waals surface area (Å²) in [4.78, 5) is 25.9. The second-order valence-electron chi connectivity index (χ2n) is 6.82. The molecule has 0 aliphatic heterocycles. The van der Waals surface area contributed by atoms with Gasteiger partial charge in [-0.2, -0.15) is 0 Å². The number of amides is 2. The van der Waals surface area contributed by atoms with Crippen LogP contribution in [0.15, 0.2) is 24.3 Å². The topological polar surface area (TPSA) is 75.4 Å². The molecule has 2 amide bonds. The zero-order chi connectivity index (χ0) is 16.9. The predicted molar refractivity (Wildman–Crippen MR) is 88.8 cm³/mol. The molecule has 5 heteroatoms. The zero-order valence-corrected chi connectivity index (χ0v) is 14.1. The average Bonchev–Trinajstić information content (AvgIpc) is 2.49. The van der Waals surface area contributed by atoms with Gasteiger partial charge in [0.2, 0.25) is 0 Å². The van der Waals surface area contributed by atoms with Gasteiger partial charge in [-0.25, -0.2) is 0 Å². The highest BCUT2D eigenvalue weighted by atomic mass is 16.2. The van der Waals surface area contributed by atoms with Crippen LogP contribution in [0.2, 0.25) is 0 Å². The number of nitrogens with one attached hydrogen (secondary N) is 1. The van der Waals surface area contributed by atoms with E-state index in [-0.39, 0.29) is 23.3 Å². The summed E-state index contributed by atoms with van der Waals surface area (Å²) >= 11 is 0. The van der Waals surface area contributed by atoms with Crippen molar-refractivity contribution in [3.05, 3.63) is 35.4 Å². The number of carbonyl (C=O) groups is 2. The Morgan fingerprint density at radius 1 is 1.18 bits per heavy atom. The summed E-state index contributed by atoms with van der Waals surface area (Å²) < 4.78 is 0. The molecule has 0 aliphatic carbocycles. The number of likely N-dealkylation sites (N-methyl/N-ethyl adjacent to an activating group) is 1. The second kappa shape index (κ2) is 7.40.